The lowest BCUT2D eigenvalue weighted by molar-refractivity contribution is -0.141. The molecule has 104 valence electrons. The van der Waals surface area contributed by atoms with Gasteiger partial charge in [-0.3, -0.25) is 4.79 Å². The van der Waals surface area contributed by atoms with E-state index in [1.807, 2.05) is 0 Å². The first-order chi connectivity index (χ1) is 8.20. The Morgan fingerprint density at radius 1 is 1.33 bits per heavy atom. The molecular weight excluding hydrogens is 259 g/mol. The van der Waals surface area contributed by atoms with Gasteiger partial charge in [0.1, 0.15) is 11.9 Å². The molecule has 6 heteroatoms. The molecule has 0 aromatic carbocycles. The van der Waals surface area contributed by atoms with Gasteiger partial charge in [0.05, 0.1) is 6.42 Å². The second-order valence-electron chi connectivity index (χ2n) is 6.08. The first-order valence-electron chi connectivity index (χ1n) is 6.32. The van der Waals surface area contributed by atoms with Crippen LogP contribution in [-0.4, -0.2) is 26.2 Å². The summed E-state index contributed by atoms with van der Waals surface area (Å²) in [5, 5.41) is 0. The quantitative estimate of drug-likeness (QED) is 0.573. The van der Waals surface area contributed by atoms with E-state index >= 15 is 0 Å². The molecule has 18 heavy (non-hydrogen) atoms. The molecule has 2 aliphatic rings. The van der Waals surface area contributed by atoms with Crippen LogP contribution in [-0.2, 0) is 19.8 Å². The third kappa shape index (κ3) is 2.84. The zero-order valence-electron chi connectivity index (χ0n) is 10.7. The molecule has 4 nitrogen and oxygen atoms in total. The molecule has 1 aliphatic heterocycles. The highest BCUT2D eigenvalue weighted by atomic mass is 32.3. The Bertz CT molecular complexity index is 435. The fraction of sp³-hybridized carbons (Fsp3) is 0.917. The SMILES string of the molecule is CC1CC(C)CC2(CC(=O)OC2CS(=O)(=O)F)C1. The first-order valence-corrected chi connectivity index (χ1v) is 7.87. The average Bonchev–Trinajstić information content (AvgIpc) is 2.36. The summed E-state index contributed by atoms with van der Waals surface area (Å²) in [4.78, 5) is 11.5. The van der Waals surface area contributed by atoms with Gasteiger partial charge >= 0.3 is 16.2 Å². The molecule has 0 N–H and O–H groups in total. The maximum absolute atomic E-state index is 12.9. The van der Waals surface area contributed by atoms with Crippen molar-refractivity contribution in [2.45, 2.75) is 45.6 Å². The summed E-state index contributed by atoms with van der Waals surface area (Å²) in [5.74, 6) is -0.274. The summed E-state index contributed by atoms with van der Waals surface area (Å²) in [5.41, 5.74) is -0.479. The molecule has 2 fully saturated rings. The first kappa shape index (κ1) is 13.8. The summed E-state index contributed by atoms with van der Waals surface area (Å²) in [6.45, 7) is 4.17. The monoisotopic (exact) mass is 278 g/mol. The molecule has 3 atom stereocenters. The molecule has 0 amide bonds. The minimum Gasteiger partial charge on any atom is -0.461 e. The van der Waals surface area contributed by atoms with E-state index in [0.29, 0.717) is 11.8 Å². The van der Waals surface area contributed by atoms with Gasteiger partial charge in [-0.25, -0.2) is 0 Å². The lowest BCUT2D eigenvalue weighted by Crippen LogP contribution is -2.41. The Morgan fingerprint density at radius 2 is 1.89 bits per heavy atom. The van der Waals surface area contributed by atoms with Crippen molar-refractivity contribution in [1.82, 2.24) is 0 Å². The van der Waals surface area contributed by atoms with Crippen molar-refractivity contribution in [2.24, 2.45) is 17.3 Å². The van der Waals surface area contributed by atoms with Gasteiger partial charge in [-0.2, -0.15) is 8.42 Å². The number of esters is 1. The summed E-state index contributed by atoms with van der Waals surface area (Å²) >= 11 is 0. The van der Waals surface area contributed by atoms with Gasteiger partial charge in [0.25, 0.3) is 0 Å². The van der Waals surface area contributed by atoms with Crippen LogP contribution in [0.25, 0.3) is 0 Å². The molecule has 1 heterocycles. The minimum absolute atomic E-state index is 0.224. The molecule has 1 saturated heterocycles. The number of rotatable bonds is 2. The zero-order valence-corrected chi connectivity index (χ0v) is 11.5. The van der Waals surface area contributed by atoms with Gasteiger partial charge < -0.3 is 4.74 Å². The van der Waals surface area contributed by atoms with Crippen LogP contribution in [0.15, 0.2) is 0 Å². The lowest BCUT2D eigenvalue weighted by Gasteiger charge is -2.41. The predicted molar refractivity (Wildman–Crippen MR) is 64.0 cm³/mol. The van der Waals surface area contributed by atoms with Gasteiger partial charge in [-0.1, -0.05) is 13.8 Å². The number of carbonyl (C=O) groups excluding carboxylic acids is 1. The summed E-state index contributed by atoms with van der Waals surface area (Å²) < 4.78 is 39.6. The highest BCUT2D eigenvalue weighted by Gasteiger charge is 2.53. The summed E-state index contributed by atoms with van der Waals surface area (Å²) in [6, 6.07) is 0. The summed E-state index contributed by atoms with van der Waals surface area (Å²) in [6.07, 6.45) is 1.95. The number of hydrogen-bond donors (Lipinski definition) is 0. The highest BCUT2D eigenvalue weighted by molar-refractivity contribution is 7.86. The van der Waals surface area contributed by atoms with Crippen molar-refractivity contribution >= 4 is 16.2 Å². The maximum Gasteiger partial charge on any atom is 0.306 e. The largest absolute Gasteiger partial charge is 0.461 e. The molecule has 0 bridgehead atoms. The van der Waals surface area contributed by atoms with Crippen molar-refractivity contribution in [3.05, 3.63) is 0 Å². The van der Waals surface area contributed by atoms with Gasteiger partial charge in [0.15, 0.2) is 0 Å². The minimum atomic E-state index is -4.62. The van der Waals surface area contributed by atoms with Crippen molar-refractivity contribution in [3.63, 3.8) is 0 Å². The topological polar surface area (TPSA) is 60.4 Å². The van der Waals surface area contributed by atoms with Crippen LogP contribution in [0, 0.1) is 17.3 Å². The van der Waals surface area contributed by atoms with Crippen molar-refractivity contribution in [2.75, 3.05) is 5.75 Å². The van der Waals surface area contributed by atoms with Gasteiger partial charge in [0.2, 0.25) is 0 Å². The van der Waals surface area contributed by atoms with E-state index in [1.165, 1.54) is 0 Å². The van der Waals surface area contributed by atoms with E-state index in [9.17, 15) is 17.1 Å². The lowest BCUT2D eigenvalue weighted by atomic mass is 9.63. The number of ether oxygens (including phenoxy) is 1. The van der Waals surface area contributed by atoms with Gasteiger partial charge in [0, 0.05) is 5.41 Å². The van der Waals surface area contributed by atoms with E-state index < -0.39 is 33.5 Å². The van der Waals surface area contributed by atoms with Crippen LogP contribution < -0.4 is 0 Å². The van der Waals surface area contributed by atoms with Crippen LogP contribution in [0.5, 0.6) is 0 Å². The number of cyclic esters (lactones) is 1. The predicted octanol–water partition coefficient (Wildman–Crippen LogP) is 2.04. The Kier molecular flexibility index (Phi) is 3.42. The molecular formula is C12H19FO4S. The Hall–Kier alpha value is -0.650. The molecule has 0 radical (unpaired) electrons. The number of hydrogen-bond acceptors (Lipinski definition) is 4. The number of carbonyl (C=O) groups is 1. The van der Waals surface area contributed by atoms with Crippen molar-refractivity contribution < 1.29 is 21.8 Å². The van der Waals surface area contributed by atoms with E-state index in [1.54, 1.807) is 0 Å². The second kappa shape index (κ2) is 4.47. The standard InChI is InChI=1S/C12H19FO4S/c1-8-3-9(2)5-12(4-8)6-11(14)17-10(12)7-18(13,15)16/h8-10H,3-7H2,1-2H3. The van der Waals surface area contributed by atoms with E-state index in [2.05, 4.69) is 13.8 Å². The molecule has 3 unspecified atom stereocenters. The molecule has 1 aliphatic carbocycles. The third-order valence-electron chi connectivity index (χ3n) is 4.12. The van der Waals surface area contributed by atoms with E-state index in [0.717, 1.165) is 19.3 Å². The third-order valence-corrected chi connectivity index (χ3v) is 4.82. The molecule has 0 aromatic rings. The van der Waals surface area contributed by atoms with E-state index in [-0.39, 0.29) is 6.42 Å². The second-order valence-corrected chi connectivity index (χ2v) is 7.49. The van der Waals surface area contributed by atoms with Crippen LogP contribution in [0.3, 0.4) is 0 Å². The number of halogens is 1. The maximum atomic E-state index is 12.9. The van der Waals surface area contributed by atoms with Crippen molar-refractivity contribution in [1.29, 1.82) is 0 Å². The smallest absolute Gasteiger partial charge is 0.306 e. The Labute approximate surface area is 107 Å². The van der Waals surface area contributed by atoms with Crippen LogP contribution in [0.2, 0.25) is 0 Å². The van der Waals surface area contributed by atoms with Crippen LogP contribution >= 0.6 is 0 Å². The van der Waals surface area contributed by atoms with E-state index in [4.69, 9.17) is 4.74 Å². The van der Waals surface area contributed by atoms with Crippen molar-refractivity contribution in [3.8, 4) is 0 Å². The molecule has 0 aromatic heterocycles. The van der Waals surface area contributed by atoms with Crippen LogP contribution in [0.1, 0.15) is 39.5 Å². The molecule has 1 saturated carbocycles. The summed E-state index contributed by atoms with van der Waals surface area (Å²) in [7, 11) is -4.62. The Morgan fingerprint density at radius 3 is 2.39 bits per heavy atom. The Balaban J connectivity index is 2.25. The fourth-order valence-electron chi connectivity index (χ4n) is 3.85. The highest BCUT2D eigenvalue weighted by Crippen LogP contribution is 2.51. The zero-order chi connectivity index (χ0) is 13.6. The fourth-order valence-corrected chi connectivity index (χ4v) is 4.63. The molecule has 1 spiro atoms. The normalized spacial score (nSPS) is 41.1. The average molecular weight is 278 g/mol. The van der Waals surface area contributed by atoms with Gasteiger partial charge in [-0.05, 0) is 31.1 Å². The van der Waals surface area contributed by atoms with Gasteiger partial charge in [-0.15, -0.1) is 3.89 Å². The molecule has 2 rings (SSSR count). The van der Waals surface area contributed by atoms with Crippen LogP contribution in [0.4, 0.5) is 3.89 Å².